The number of carboxylic acids is 1. The van der Waals surface area contributed by atoms with Gasteiger partial charge in [-0.15, -0.1) is 0 Å². The molecule has 0 aromatic heterocycles. The van der Waals surface area contributed by atoms with Crippen LogP contribution in [-0.2, 0) is 4.79 Å². The molecule has 0 saturated heterocycles. The molecular weight excluding hydrogens is 273 g/mol. The van der Waals surface area contributed by atoms with E-state index in [0.717, 1.165) is 0 Å². The quantitative estimate of drug-likeness (QED) is 0.727. The van der Waals surface area contributed by atoms with Crippen molar-refractivity contribution < 1.29 is 40.6 Å². The SMILES string of the molecule is O=C(O)C12C3(F)C4(F)C5(F)C3(F)C1(F)C5(F)C42F. The molecule has 0 aromatic carbocycles. The molecule has 6 aliphatic carbocycles. The first-order valence-corrected chi connectivity index (χ1v) is 5.00. The van der Waals surface area contributed by atoms with Gasteiger partial charge in [0.2, 0.25) is 39.7 Å². The fourth-order valence-electron chi connectivity index (χ4n) is 5.89. The molecule has 0 spiro atoms. The van der Waals surface area contributed by atoms with Crippen molar-refractivity contribution in [1.82, 2.24) is 0 Å². The van der Waals surface area contributed by atoms with E-state index in [1.807, 2.05) is 0 Å². The minimum absolute atomic E-state index is 2.54. The first-order valence-electron chi connectivity index (χ1n) is 5.00. The summed E-state index contributed by atoms with van der Waals surface area (Å²) in [4.78, 5) is 10.8. The van der Waals surface area contributed by atoms with E-state index in [0.29, 0.717) is 0 Å². The normalized spacial score (nSPS) is 87.7. The molecule has 98 valence electrons. The smallest absolute Gasteiger partial charge is 0.320 e. The molecule has 6 rings (SSSR count). The predicted molar refractivity (Wildman–Crippen MR) is 36.9 cm³/mol. The third-order valence-electron chi connectivity index (χ3n) is 6.14. The maximum atomic E-state index is 14.0. The molecule has 18 heavy (non-hydrogen) atoms. The van der Waals surface area contributed by atoms with Crippen molar-refractivity contribution >= 4 is 5.97 Å². The zero-order valence-electron chi connectivity index (χ0n) is 8.00. The number of aliphatic carboxylic acids is 1. The van der Waals surface area contributed by atoms with Crippen LogP contribution >= 0.6 is 0 Å². The number of hydrogen-bond donors (Lipinski definition) is 1. The monoisotopic (exact) mass is 274 g/mol. The molecule has 0 unspecified atom stereocenters. The highest BCUT2D eigenvalue weighted by molar-refractivity contribution is 6.07. The molecule has 0 aromatic rings. The third kappa shape index (κ3) is 0.229. The van der Waals surface area contributed by atoms with Crippen molar-refractivity contribution in [2.75, 3.05) is 0 Å². The fourth-order valence-corrected chi connectivity index (χ4v) is 5.89. The van der Waals surface area contributed by atoms with Crippen LogP contribution in [0.25, 0.3) is 0 Å². The minimum atomic E-state index is -4.26. The fraction of sp³-hybridized carbons (Fsp3) is 0.889. The van der Waals surface area contributed by atoms with Crippen LogP contribution in [0.15, 0.2) is 0 Å². The van der Waals surface area contributed by atoms with E-state index in [4.69, 9.17) is 5.11 Å². The summed E-state index contributed by atoms with van der Waals surface area (Å²) in [7, 11) is 0. The summed E-state index contributed by atoms with van der Waals surface area (Å²) in [5, 5.41) is 8.65. The van der Waals surface area contributed by atoms with Crippen LogP contribution in [0.3, 0.4) is 0 Å². The Morgan fingerprint density at radius 1 is 0.611 bits per heavy atom. The Labute approximate surface area is 92.7 Å². The topological polar surface area (TPSA) is 37.3 Å². The summed E-state index contributed by atoms with van der Waals surface area (Å²) in [5.74, 6) is -2.54. The molecule has 9 heteroatoms. The first-order chi connectivity index (χ1) is 7.94. The number of halogens is 7. The maximum absolute atomic E-state index is 14.0. The van der Waals surface area contributed by atoms with Crippen molar-refractivity contribution in [2.45, 2.75) is 39.7 Å². The van der Waals surface area contributed by atoms with E-state index in [2.05, 4.69) is 0 Å². The van der Waals surface area contributed by atoms with Gasteiger partial charge in [-0.05, 0) is 0 Å². The number of hydrogen-bond acceptors (Lipinski definition) is 1. The van der Waals surface area contributed by atoms with Gasteiger partial charge in [-0.1, -0.05) is 0 Å². The van der Waals surface area contributed by atoms with Gasteiger partial charge >= 0.3 is 5.97 Å². The predicted octanol–water partition coefficient (Wildman–Crippen LogP) is 1.08. The second-order valence-corrected chi connectivity index (χ2v) is 5.66. The second kappa shape index (κ2) is 1.44. The number of rotatable bonds is 1. The van der Waals surface area contributed by atoms with Crippen LogP contribution in [0.5, 0.6) is 0 Å². The van der Waals surface area contributed by atoms with Gasteiger partial charge in [-0.2, -0.15) is 0 Å². The molecule has 0 amide bonds. The van der Waals surface area contributed by atoms with Crippen molar-refractivity contribution in [2.24, 2.45) is 5.41 Å². The minimum Gasteiger partial charge on any atom is -0.481 e. The van der Waals surface area contributed by atoms with Crippen LogP contribution in [0.1, 0.15) is 0 Å². The Balaban J connectivity index is 1.93. The van der Waals surface area contributed by atoms with E-state index in [-0.39, 0.29) is 0 Å². The van der Waals surface area contributed by atoms with E-state index in [1.165, 1.54) is 0 Å². The third-order valence-corrected chi connectivity index (χ3v) is 6.14. The molecule has 2 nitrogen and oxygen atoms in total. The highest BCUT2D eigenvalue weighted by Gasteiger charge is 3.51. The first kappa shape index (κ1) is 9.85. The molecule has 0 heterocycles. The van der Waals surface area contributed by atoms with Crippen molar-refractivity contribution in [3.63, 3.8) is 0 Å². The molecule has 1 N–H and O–H groups in total. The highest BCUT2D eigenvalue weighted by atomic mass is 19.2. The molecule has 0 radical (unpaired) electrons. The summed E-state index contributed by atoms with van der Waals surface area (Å²) in [6.07, 6.45) is 0. The summed E-state index contributed by atoms with van der Waals surface area (Å²) in [6.45, 7) is 0. The maximum Gasteiger partial charge on any atom is 0.320 e. The Hall–Kier alpha value is -1.02. The molecular formula is C9HF7O2. The van der Waals surface area contributed by atoms with Crippen LogP contribution in [-0.4, -0.2) is 50.8 Å². The van der Waals surface area contributed by atoms with Gasteiger partial charge in [0.15, 0.2) is 5.41 Å². The lowest BCUT2D eigenvalue weighted by molar-refractivity contribution is -0.792. The molecule has 6 saturated carbocycles. The average molecular weight is 274 g/mol. The van der Waals surface area contributed by atoms with Gasteiger partial charge in [0.1, 0.15) is 0 Å². The Morgan fingerprint density at radius 2 is 0.833 bits per heavy atom. The van der Waals surface area contributed by atoms with E-state index in [1.54, 1.807) is 0 Å². The molecule has 0 bridgehead atoms. The van der Waals surface area contributed by atoms with Crippen molar-refractivity contribution in [3.05, 3.63) is 0 Å². The Bertz CT molecular complexity index is 542. The average Bonchev–Trinajstić information content (AvgIpc) is 2.30. The molecule has 6 aliphatic rings. The van der Waals surface area contributed by atoms with Crippen LogP contribution in [0.2, 0.25) is 0 Å². The standard InChI is InChI=1S/C9HF7O2/c10-3-2(1(17)18)4(11)6(3,13)9(16)7(3,14)5(2,12)8(4,9)15/h(H,17,18). The van der Waals surface area contributed by atoms with Gasteiger partial charge in [-0.25, -0.2) is 30.7 Å². The number of carbonyl (C=O) groups is 1. The van der Waals surface area contributed by atoms with Crippen LogP contribution in [0, 0.1) is 5.41 Å². The number of carboxylic acid groups (broad SMARTS) is 1. The van der Waals surface area contributed by atoms with E-state index < -0.39 is 51.1 Å². The summed E-state index contributed by atoms with van der Waals surface area (Å²) < 4.78 is 97.1. The zero-order chi connectivity index (χ0) is 13.6. The number of alkyl halides is 7. The summed E-state index contributed by atoms with van der Waals surface area (Å²) >= 11 is 0. The van der Waals surface area contributed by atoms with E-state index in [9.17, 15) is 35.5 Å². The van der Waals surface area contributed by atoms with Crippen LogP contribution in [0.4, 0.5) is 30.7 Å². The lowest BCUT2D eigenvalue weighted by atomic mass is 8.88. The highest BCUT2D eigenvalue weighted by Crippen LogP contribution is 3.19. The Morgan fingerprint density at radius 3 is 1.06 bits per heavy atom. The van der Waals surface area contributed by atoms with Gasteiger partial charge in [0, 0.05) is 0 Å². The van der Waals surface area contributed by atoms with E-state index >= 15 is 0 Å². The summed E-state index contributed by atoms with van der Waals surface area (Å²) in [5.41, 5.74) is -33.3. The van der Waals surface area contributed by atoms with Gasteiger partial charge < -0.3 is 5.11 Å². The molecule has 0 atom stereocenters. The Kier molecular flexibility index (Phi) is 0.786. The molecule has 6 fully saturated rings. The largest absolute Gasteiger partial charge is 0.481 e. The zero-order valence-corrected chi connectivity index (χ0v) is 8.00. The van der Waals surface area contributed by atoms with Crippen molar-refractivity contribution in [3.8, 4) is 0 Å². The lowest BCUT2D eigenvalue weighted by Gasteiger charge is -3.12. The van der Waals surface area contributed by atoms with Gasteiger partial charge in [-0.3, -0.25) is 4.79 Å². The van der Waals surface area contributed by atoms with Crippen molar-refractivity contribution in [1.29, 1.82) is 0 Å². The van der Waals surface area contributed by atoms with Crippen LogP contribution < -0.4 is 0 Å². The summed E-state index contributed by atoms with van der Waals surface area (Å²) in [6, 6.07) is 0. The second-order valence-electron chi connectivity index (χ2n) is 5.66. The lowest BCUT2D eigenvalue weighted by Crippen LogP contribution is -3.45. The van der Waals surface area contributed by atoms with Gasteiger partial charge in [0.25, 0.3) is 0 Å². The van der Waals surface area contributed by atoms with Gasteiger partial charge in [0.05, 0.1) is 0 Å². The molecule has 0 aliphatic heterocycles.